The normalized spacial score (nSPS) is 26.9. The maximum absolute atomic E-state index is 3.00. The Morgan fingerprint density at radius 2 is 1.24 bits per heavy atom. The van der Waals surface area contributed by atoms with E-state index in [1.807, 2.05) is 0 Å². The fourth-order valence-electron chi connectivity index (χ4n) is 3.33. The number of allylic oxidation sites excluding steroid dienone is 8. The molecule has 4 rings (SSSR count). The van der Waals surface area contributed by atoms with Gasteiger partial charge in [0.1, 0.15) is 0 Å². The van der Waals surface area contributed by atoms with Gasteiger partial charge in [0.05, 0.1) is 0 Å². The zero-order chi connectivity index (χ0) is 14.2. The Morgan fingerprint density at radius 3 is 1.62 bits per heavy atom. The molecule has 0 spiro atoms. The fraction of sp³-hybridized carbons (Fsp3) is 0.400. The molecule has 0 aromatic rings. The van der Waals surface area contributed by atoms with Crippen molar-refractivity contribution in [1.29, 1.82) is 0 Å². The molecule has 0 nitrogen and oxygen atoms in total. The van der Waals surface area contributed by atoms with Gasteiger partial charge in [0, 0.05) is 0 Å². The Morgan fingerprint density at radius 1 is 0.810 bits per heavy atom. The molecule has 2 atom stereocenters. The van der Waals surface area contributed by atoms with Gasteiger partial charge in [-0.05, 0) is 24.7 Å². The van der Waals surface area contributed by atoms with E-state index in [0.717, 1.165) is 11.8 Å². The molecule has 4 aliphatic rings. The smallest absolute Gasteiger partial charge is 0.227 e. The van der Waals surface area contributed by atoms with Gasteiger partial charge in [0.2, 0.25) is 0 Å². The van der Waals surface area contributed by atoms with E-state index in [0.29, 0.717) is 0 Å². The third-order valence-electron chi connectivity index (χ3n) is 4.42. The summed E-state index contributed by atoms with van der Waals surface area (Å²) in [6, 6.07) is 0. The summed E-state index contributed by atoms with van der Waals surface area (Å²) >= 11 is 0. The van der Waals surface area contributed by atoms with Gasteiger partial charge in [0.25, 0.3) is 0 Å². The quantitative estimate of drug-likeness (QED) is 0.302. The standard InChI is InChI=1S/2C9H11.C2H4.Ti/c2*1-2-5-9-7-3-6-8(9)4-1;1-2;/h2*1-2,4,6,9H,3,5,7H2;1-2H2;/q2*-1;;+2. The van der Waals surface area contributed by atoms with Gasteiger partial charge in [-0.1, -0.05) is 12.8 Å². The van der Waals surface area contributed by atoms with Gasteiger partial charge in [-0.3, -0.25) is 0 Å². The fourth-order valence-corrected chi connectivity index (χ4v) is 3.33. The SMILES string of the molecule is C1=CCC2CC[CH-]C2=C1.C1=CCC2CC[CH-]C2=C1.C=C.[Ti+2]. The minimum Gasteiger partial charge on any atom is -0.227 e. The van der Waals surface area contributed by atoms with E-state index in [9.17, 15) is 0 Å². The molecule has 0 aromatic carbocycles. The van der Waals surface area contributed by atoms with Gasteiger partial charge >= 0.3 is 21.7 Å². The van der Waals surface area contributed by atoms with Gasteiger partial charge < -0.3 is 0 Å². The average Bonchev–Trinajstić information content (AvgIpc) is 3.18. The molecule has 0 bridgehead atoms. The van der Waals surface area contributed by atoms with E-state index in [1.165, 1.54) is 38.5 Å². The summed E-state index contributed by atoms with van der Waals surface area (Å²) in [6.45, 7) is 6.00. The van der Waals surface area contributed by atoms with E-state index in [4.69, 9.17) is 0 Å². The summed E-state index contributed by atoms with van der Waals surface area (Å²) in [5.41, 5.74) is 3.16. The van der Waals surface area contributed by atoms with Crippen LogP contribution in [0.4, 0.5) is 0 Å². The molecule has 0 radical (unpaired) electrons. The second-order valence-electron chi connectivity index (χ2n) is 5.62. The van der Waals surface area contributed by atoms with Crippen molar-refractivity contribution in [2.24, 2.45) is 11.8 Å². The summed E-state index contributed by atoms with van der Waals surface area (Å²) in [7, 11) is 0. The molecule has 1 heteroatoms. The van der Waals surface area contributed by atoms with Crippen molar-refractivity contribution in [3.05, 3.63) is 73.6 Å². The largest absolute Gasteiger partial charge is 2.00 e. The zero-order valence-electron chi connectivity index (χ0n) is 12.9. The van der Waals surface area contributed by atoms with Gasteiger partial charge in [-0.15, -0.1) is 50.3 Å². The third-order valence-corrected chi connectivity index (χ3v) is 4.42. The number of rotatable bonds is 0. The van der Waals surface area contributed by atoms with Crippen molar-refractivity contribution in [2.75, 3.05) is 0 Å². The van der Waals surface area contributed by atoms with E-state index in [1.54, 1.807) is 11.1 Å². The zero-order valence-corrected chi connectivity index (χ0v) is 14.5. The Kier molecular flexibility index (Phi) is 8.65. The van der Waals surface area contributed by atoms with Crippen LogP contribution in [0.25, 0.3) is 0 Å². The Balaban J connectivity index is 0.000000181. The molecule has 0 amide bonds. The summed E-state index contributed by atoms with van der Waals surface area (Å²) in [4.78, 5) is 0. The van der Waals surface area contributed by atoms with Crippen molar-refractivity contribution < 1.29 is 21.7 Å². The van der Waals surface area contributed by atoms with Crippen molar-refractivity contribution in [1.82, 2.24) is 0 Å². The maximum Gasteiger partial charge on any atom is 2.00 e. The molecule has 21 heavy (non-hydrogen) atoms. The van der Waals surface area contributed by atoms with Crippen LogP contribution in [0.2, 0.25) is 0 Å². The first-order valence-electron chi connectivity index (χ1n) is 7.83. The summed E-state index contributed by atoms with van der Waals surface area (Å²) < 4.78 is 0. The molecule has 4 aliphatic carbocycles. The van der Waals surface area contributed by atoms with Gasteiger partial charge in [0.15, 0.2) is 0 Å². The third kappa shape index (κ3) is 5.13. The monoisotopic (exact) mass is 314 g/mol. The minimum absolute atomic E-state index is 0. The summed E-state index contributed by atoms with van der Waals surface area (Å²) in [5, 5.41) is 0. The maximum atomic E-state index is 3.00. The second kappa shape index (κ2) is 9.98. The van der Waals surface area contributed by atoms with Crippen LogP contribution in [-0.2, 0) is 21.7 Å². The molecule has 0 N–H and O–H groups in total. The molecular weight excluding hydrogens is 288 g/mol. The molecule has 0 heterocycles. The first-order chi connectivity index (χ1) is 9.93. The Bertz CT molecular complexity index is 385. The van der Waals surface area contributed by atoms with Crippen LogP contribution in [0.5, 0.6) is 0 Å². The van der Waals surface area contributed by atoms with Crippen LogP contribution in [0, 0.1) is 24.7 Å². The first kappa shape index (κ1) is 18.2. The van der Waals surface area contributed by atoms with E-state index >= 15 is 0 Å². The molecule has 0 aromatic heterocycles. The molecule has 0 aliphatic heterocycles. The van der Waals surface area contributed by atoms with Crippen molar-refractivity contribution in [2.45, 2.75) is 38.5 Å². The number of hydrogen-bond donors (Lipinski definition) is 0. The minimum atomic E-state index is 0. The summed E-state index contributed by atoms with van der Waals surface area (Å²) in [5.74, 6) is 1.77. The average molecular weight is 314 g/mol. The van der Waals surface area contributed by atoms with Crippen molar-refractivity contribution >= 4 is 0 Å². The van der Waals surface area contributed by atoms with Crippen LogP contribution in [0.15, 0.2) is 60.8 Å². The molecular formula is C20H26Ti. The molecule has 2 saturated carbocycles. The Labute approximate surface area is 145 Å². The van der Waals surface area contributed by atoms with Gasteiger partial charge in [-0.25, -0.2) is 36.1 Å². The van der Waals surface area contributed by atoms with Crippen LogP contribution < -0.4 is 0 Å². The van der Waals surface area contributed by atoms with Crippen molar-refractivity contribution in [3.63, 3.8) is 0 Å². The second-order valence-corrected chi connectivity index (χ2v) is 5.62. The van der Waals surface area contributed by atoms with Crippen LogP contribution in [-0.4, -0.2) is 0 Å². The van der Waals surface area contributed by atoms with Gasteiger partial charge in [-0.2, -0.15) is 0 Å². The molecule has 2 unspecified atom stereocenters. The van der Waals surface area contributed by atoms with Crippen LogP contribution in [0.1, 0.15) is 38.5 Å². The van der Waals surface area contributed by atoms with E-state index < -0.39 is 0 Å². The topological polar surface area (TPSA) is 0 Å². The number of hydrogen-bond acceptors (Lipinski definition) is 0. The Hall–Kier alpha value is -0.846. The summed E-state index contributed by atoms with van der Waals surface area (Å²) in [6.07, 6.45) is 26.1. The first-order valence-corrected chi connectivity index (χ1v) is 7.83. The predicted octanol–water partition coefficient (Wildman–Crippen LogP) is 5.77. The van der Waals surface area contributed by atoms with Crippen molar-refractivity contribution in [3.8, 4) is 0 Å². The molecule has 110 valence electrons. The molecule has 2 fully saturated rings. The van der Waals surface area contributed by atoms with E-state index in [2.05, 4.69) is 62.5 Å². The van der Waals surface area contributed by atoms with Crippen LogP contribution >= 0.6 is 0 Å². The molecule has 0 saturated heterocycles. The predicted molar refractivity (Wildman–Crippen MR) is 89.0 cm³/mol. The number of fused-ring (bicyclic) bond motifs is 2. The van der Waals surface area contributed by atoms with E-state index in [-0.39, 0.29) is 21.7 Å². The van der Waals surface area contributed by atoms with Crippen LogP contribution in [0.3, 0.4) is 0 Å².